The van der Waals surface area contributed by atoms with E-state index in [-0.39, 0.29) is 4.90 Å². The lowest BCUT2D eigenvalue weighted by molar-refractivity contribution is 0.0595. The van der Waals surface area contributed by atoms with Crippen molar-refractivity contribution in [2.75, 3.05) is 18.9 Å². The number of sulfonamides is 1. The normalized spacial score (nSPS) is 11.1. The number of benzene rings is 2. The molecular weight excluding hydrogens is 424 g/mol. The van der Waals surface area contributed by atoms with Crippen molar-refractivity contribution >= 4 is 37.6 Å². The summed E-state index contributed by atoms with van der Waals surface area (Å²) in [7, 11) is -1.77. The highest BCUT2D eigenvalue weighted by atomic mass is 79.9. The van der Waals surface area contributed by atoms with E-state index < -0.39 is 38.9 Å². The van der Waals surface area contributed by atoms with Crippen LogP contribution >= 0.6 is 15.9 Å². The molecule has 0 saturated heterocycles. The van der Waals surface area contributed by atoms with E-state index in [0.717, 1.165) is 13.2 Å². The molecule has 0 bridgehead atoms. The molecule has 0 amide bonds. The van der Waals surface area contributed by atoms with Crippen LogP contribution in [0.2, 0.25) is 0 Å². The summed E-state index contributed by atoms with van der Waals surface area (Å²) in [4.78, 5) is 11.3. The summed E-state index contributed by atoms with van der Waals surface area (Å²) in [5.74, 6) is -3.01. The van der Waals surface area contributed by atoms with Crippen molar-refractivity contribution in [3.63, 3.8) is 0 Å². The number of halogens is 3. The Hall–Kier alpha value is -2.20. The van der Waals surface area contributed by atoms with Gasteiger partial charge in [0, 0.05) is 6.07 Å². The van der Waals surface area contributed by atoms with Crippen LogP contribution in [0.25, 0.3) is 0 Å². The van der Waals surface area contributed by atoms with Crippen molar-refractivity contribution in [2.45, 2.75) is 4.90 Å². The third-order valence-electron chi connectivity index (χ3n) is 3.14. The van der Waals surface area contributed by atoms with Gasteiger partial charge in [-0.3, -0.25) is 4.72 Å². The topological polar surface area (TPSA) is 81.7 Å². The smallest absolute Gasteiger partial charge is 0.340 e. The van der Waals surface area contributed by atoms with Crippen LogP contribution in [0.15, 0.2) is 39.7 Å². The van der Waals surface area contributed by atoms with Crippen LogP contribution in [0, 0.1) is 11.6 Å². The molecule has 0 heterocycles. The Balaban J connectivity index is 2.44. The molecule has 0 aromatic heterocycles. The molecule has 0 fully saturated rings. The van der Waals surface area contributed by atoms with E-state index in [1.165, 1.54) is 25.3 Å². The van der Waals surface area contributed by atoms with Crippen molar-refractivity contribution in [1.29, 1.82) is 0 Å². The second-order valence-electron chi connectivity index (χ2n) is 4.71. The second kappa shape index (κ2) is 7.36. The Morgan fingerprint density at radius 1 is 1.12 bits per heavy atom. The predicted molar refractivity (Wildman–Crippen MR) is 89.2 cm³/mol. The Morgan fingerprint density at radius 3 is 2.36 bits per heavy atom. The second-order valence-corrected chi connectivity index (χ2v) is 7.24. The molecule has 0 spiro atoms. The van der Waals surface area contributed by atoms with Crippen LogP contribution in [0.4, 0.5) is 14.5 Å². The van der Waals surface area contributed by atoms with Crippen molar-refractivity contribution in [1.82, 2.24) is 0 Å². The summed E-state index contributed by atoms with van der Waals surface area (Å²) in [6.07, 6.45) is 0. The first-order valence-corrected chi connectivity index (χ1v) is 8.91. The minimum absolute atomic E-state index is 0.191. The van der Waals surface area contributed by atoms with Gasteiger partial charge in [-0.05, 0) is 40.2 Å². The minimum Gasteiger partial charge on any atom is -0.496 e. The third-order valence-corrected chi connectivity index (χ3v) is 5.12. The van der Waals surface area contributed by atoms with Crippen molar-refractivity contribution in [3.8, 4) is 5.75 Å². The molecule has 0 aliphatic carbocycles. The van der Waals surface area contributed by atoms with Gasteiger partial charge in [-0.15, -0.1) is 0 Å². The molecular formula is C15H12BrF2NO5S. The number of esters is 1. The molecule has 0 aliphatic heterocycles. The van der Waals surface area contributed by atoms with Gasteiger partial charge >= 0.3 is 5.97 Å². The number of nitrogens with one attached hydrogen (secondary N) is 1. The molecule has 2 aromatic rings. The molecule has 10 heteroatoms. The highest BCUT2D eigenvalue weighted by Crippen LogP contribution is 2.29. The van der Waals surface area contributed by atoms with Gasteiger partial charge in [0.25, 0.3) is 10.0 Å². The van der Waals surface area contributed by atoms with E-state index in [1.54, 1.807) is 0 Å². The zero-order valence-corrected chi connectivity index (χ0v) is 15.4. The summed E-state index contributed by atoms with van der Waals surface area (Å²) in [6, 6.07) is 5.03. The standard InChI is InChI=1S/C15H12BrF2NO5S/c1-23-14-4-3-8(5-10(14)16)25(21,22)19-13-6-9(15(20)24-2)11(17)7-12(13)18/h3-7,19H,1-2H3. The van der Waals surface area contributed by atoms with E-state index in [4.69, 9.17) is 4.74 Å². The number of hydrogen-bond donors (Lipinski definition) is 1. The van der Waals surface area contributed by atoms with E-state index >= 15 is 0 Å². The maximum atomic E-state index is 13.9. The Bertz CT molecular complexity index is 934. The van der Waals surface area contributed by atoms with Gasteiger partial charge in [0.2, 0.25) is 0 Å². The average Bonchev–Trinajstić information content (AvgIpc) is 2.56. The fourth-order valence-corrected chi connectivity index (χ4v) is 3.69. The van der Waals surface area contributed by atoms with Crippen LogP contribution in [0.5, 0.6) is 5.75 Å². The molecule has 25 heavy (non-hydrogen) atoms. The lowest BCUT2D eigenvalue weighted by Gasteiger charge is -2.12. The minimum atomic E-state index is -4.20. The predicted octanol–water partition coefficient (Wildman–Crippen LogP) is 3.32. The highest BCUT2D eigenvalue weighted by Gasteiger charge is 2.22. The number of hydrogen-bond acceptors (Lipinski definition) is 5. The monoisotopic (exact) mass is 435 g/mol. The van der Waals surface area contributed by atoms with Gasteiger partial charge in [-0.25, -0.2) is 22.0 Å². The van der Waals surface area contributed by atoms with Gasteiger partial charge in [-0.2, -0.15) is 0 Å². The zero-order chi connectivity index (χ0) is 18.8. The first-order valence-electron chi connectivity index (χ1n) is 6.63. The molecule has 6 nitrogen and oxygen atoms in total. The van der Waals surface area contributed by atoms with E-state index in [2.05, 4.69) is 20.7 Å². The lowest BCUT2D eigenvalue weighted by atomic mass is 10.2. The summed E-state index contributed by atoms with van der Waals surface area (Å²) in [6.45, 7) is 0. The molecule has 2 aromatic carbocycles. The van der Waals surface area contributed by atoms with Crippen molar-refractivity contribution < 1.29 is 31.5 Å². The van der Waals surface area contributed by atoms with E-state index in [9.17, 15) is 22.0 Å². The molecule has 2 rings (SSSR count). The first kappa shape index (κ1) is 19.1. The van der Waals surface area contributed by atoms with Crippen LogP contribution in [0.3, 0.4) is 0 Å². The molecule has 134 valence electrons. The summed E-state index contributed by atoms with van der Waals surface area (Å²) >= 11 is 3.15. The summed E-state index contributed by atoms with van der Waals surface area (Å²) in [5.41, 5.74) is -1.19. The van der Waals surface area contributed by atoms with Gasteiger partial charge in [-0.1, -0.05) is 0 Å². The fourth-order valence-electron chi connectivity index (χ4n) is 1.91. The third kappa shape index (κ3) is 4.07. The van der Waals surface area contributed by atoms with Gasteiger partial charge in [0.05, 0.1) is 34.8 Å². The van der Waals surface area contributed by atoms with Crippen molar-refractivity contribution in [2.24, 2.45) is 0 Å². The number of methoxy groups -OCH3 is 2. The lowest BCUT2D eigenvalue weighted by Crippen LogP contribution is -2.15. The van der Waals surface area contributed by atoms with E-state index in [0.29, 0.717) is 16.3 Å². The number of ether oxygens (including phenoxy) is 2. The molecule has 0 atom stereocenters. The van der Waals surface area contributed by atoms with Gasteiger partial charge in [0.15, 0.2) is 0 Å². The summed E-state index contributed by atoms with van der Waals surface area (Å²) < 4.78 is 64.0. The average molecular weight is 436 g/mol. The number of carbonyl (C=O) groups excluding carboxylic acids is 1. The molecule has 0 saturated carbocycles. The molecule has 0 unspecified atom stereocenters. The maximum absolute atomic E-state index is 13.9. The number of carbonyl (C=O) groups is 1. The fraction of sp³-hybridized carbons (Fsp3) is 0.133. The van der Waals surface area contributed by atoms with E-state index in [1.807, 2.05) is 4.72 Å². The van der Waals surface area contributed by atoms with Crippen LogP contribution in [-0.2, 0) is 14.8 Å². The first-order chi connectivity index (χ1) is 11.7. The molecule has 0 aliphatic rings. The maximum Gasteiger partial charge on any atom is 0.340 e. The van der Waals surface area contributed by atoms with Crippen LogP contribution in [-0.4, -0.2) is 28.6 Å². The Kier molecular flexibility index (Phi) is 5.63. The summed E-state index contributed by atoms with van der Waals surface area (Å²) in [5, 5.41) is 0. The number of anilines is 1. The van der Waals surface area contributed by atoms with Crippen LogP contribution < -0.4 is 9.46 Å². The van der Waals surface area contributed by atoms with Gasteiger partial charge < -0.3 is 9.47 Å². The van der Waals surface area contributed by atoms with Crippen molar-refractivity contribution in [3.05, 3.63) is 52.0 Å². The Morgan fingerprint density at radius 2 is 1.80 bits per heavy atom. The van der Waals surface area contributed by atoms with Crippen LogP contribution in [0.1, 0.15) is 10.4 Å². The highest BCUT2D eigenvalue weighted by molar-refractivity contribution is 9.10. The quantitative estimate of drug-likeness (QED) is 0.728. The Labute approximate surface area is 150 Å². The van der Waals surface area contributed by atoms with Gasteiger partial charge in [0.1, 0.15) is 17.4 Å². The molecule has 0 radical (unpaired) electrons. The SMILES string of the molecule is COC(=O)c1cc(NS(=O)(=O)c2ccc(OC)c(Br)c2)c(F)cc1F. The molecule has 1 N–H and O–H groups in total. The zero-order valence-electron chi connectivity index (χ0n) is 13.0. The largest absolute Gasteiger partial charge is 0.496 e. The number of rotatable bonds is 5.